The third-order valence-corrected chi connectivity index (χ3v) is 4.39. The normalized spacial score (nSPS) is 11.3. The van der Waals surface area contributed by atoms with Crippen LogP contribution in [0.25, 0.3) is 0 Å². The Morgan fingerprint density at radius 3 is 2.26 bits per heavy atom. The summed E-state index contributed by atoms with van der Waals surface area (Å²) in [6, 6.07) is 13.5. The molecule has 0 amide bonds. The molecule has 2 aromatic carbocycles. The second-order valence-corrected chi connectivity index (χ2v) is 6.51. The van der Waals surface area contributed by atoms with E-state index in [0.717, 1.165) is 0 Å². The lowest BCUT2D eigenvalue weighted by atomic mass is 10.2. The van der Waals surface area contributed by atoms with Gasteiger partial charge < -0.3 is 0 Å². The van der Waals surface area contributed by atoms with Crippen molar-refractivity contribution in [1.29, 1.82) is 0 Å². The molecule has 0 atom stereocenters. The summed E-state index contributed by atoms with van der Waals surface area (Å²) in [5, 5.41) is 0.743. The van der Waals surface area contributed by atoms with E-state index in [1.54, 1.807) is 42.5 Å². The van der Waals surface area contributed by atoms with Gasteiger partial charge >= 0.3 is 0 Å². The molecule has 0 aliphatic heterocycles. The fraction of sp³-hybridized carbons (Fsp3) is 0.0769. The van der Waals surface area contributed by atoms with Gasteiger partial charge in [-0.1, -0.05) is 47.5 Å². The SMILES string of the molecule is O=S(=O)(Cc1ccc(Cl)c(Cl)c1)Nc1ccccc1. The average molecular weight is 316 g/mol. The Kier molecular flexibility index (Phi) is 4.34. The Balaban J connectivity index is 2.15. The van der Waals surface area contributed by atoms with Gasteiger partial charge in [0.15, 0.2) is 0 Å². The summed E-state index contributed by atoms with van der Waals surface area (Å²) < 4.78 is 26.5. The third-order valence-electron chi connectivity index (χ3n) is 2.39. The van der Waals surface area contributed by atoms with Crippen LogP contribution in [-0.2, 0) is 15.8 Å². The quantitative estimate of drug-likeness (QED) is 0.929. The molecule has 0 radical (unpaired) electrons. The first kappa shape index (κ1) is 14.2. The molecular formula is C13H11Cl2NO2S. The maximum absolute atomic E-state index is 12.0. The molecule has 0 unspecified atom stereocenters. The number of hydrogen-bond donors (Lipinski definition) is 1. The summed E-state index contributed by atoms with van der Waals surface area (Å²) in [6.45, 7) is 0. The van der Waals surface area contributed by atoms with E-state index in [1.807, 2.05) is 6.07 Å². The van der Waals surface area contributed by atoms with E-state index in [2.05, 4.69) is 4.72 Å². The lowest BCUT2D eigenvalue weighted by molar-refractivity contribution is 0.600. The van der Waals surface area contributed by atoms with E-state index in [0.29, 0.717) is 21.3 Å². The second kappa shape index (κ2) is 5.82. The minimum Gasteiger partial charge on any atom is -0.283 e. The molecule has 1 N–H and O–H groups in total. The number of nitrogens with one attached hydrogen (secondary N) is 1. The molecule has 0 spiro atoms. The molecule has 3 nitrogen and oxygen atoms in total. The van der Waals surface area contributed by atoms with Crippen molar-refractivity contribution in [3.63, 3.8) is 0 Å². The zero-order valence-corrected chi connectivity index (χ0v) is 12.1. The van der Waals surface area contributed by atoms with E-state index in [-0.39, 0.29) is 5.75 Å². The van der Waals surface area contributed by atoms with Crippen LogP contribution < -0.4 is 4.72 Å². The van der Waals surface area contributed by atoms with Crippen molar-refractivity contribution in [2.24, 2.45) is 0 Å². The number of anilines is 1. The van der Waals surface area contributed by atoms with Crippen LogP contribution in [0, 0.1) is 0 Å². The Morgan fingerprint density at radius 1 is 0.947 bits per heavy atom. The van der Waals surface area contributed by atoms with Crippen molar-refractivity contribution in [2.45, 2.75) is 5.75 Å². The van der Waals surface area contributed by atoms with Crippen LogP contribution in [-0.4, -0.2) is 8.42 Å². The van der Waals surface area contributed by atoms with Gasteiger partial charge in [-0.25, -0.2) is 8.42 Å². The van der Waals surface area contributed by atoms with E-state index in [4.69, 9.17) is 23.2 Å². The van der Waals surface area contributed by atoms with Gasteiger partial charge in [0.25, 0.3) is 0 Å². The summed E-state index contributed by atoms with van der Waals surface area (Å²) in [5.74, 6) is -0.154. The van der Waals surface area contributed by atoms with Crippen LogP contribution in [0.15, 0.2) is 48.5 Å². The first-order valence-electron chi connectivity index (χ1n) is 5.46. The number of para-hydroxylation sites is 1. The maximum Gasteiger partial charge on any atom is 0.236 e. The molecular weight excluding hydrogens is 305 g/mol. The van der Waals surface area contributed by atoms with Gasteiger partial charge in [0, 0.05) is 5.69 Å². The molecule has 0 aliphatic rings. The van der Waals surface area contributed by atoms with Crippen LogP contribution in [0.5, 0.6) is 0 Å². The molecule has 2 rings (SSSR count). The largest absolute Gasteiger partial charge is 0.283 e. The smallest absolute Gasteiger partial charge is 0.236 e. The van der Waals surface area contributed by atoms with Gasteiger partial charge in [-0.3, -0.25) is 4.72 Å². The topological polar surface area (TPSA) is 46.2 Å². The van der Waals surface area contributed by atoms with Gasteiger partial charge in [0.05, 0.1) is 15.8 Å². The second-order valence-electron chi connectivity index (χ2n) is 3.98. The molecule has 6 heteroatoms. The number of halogens is 2. The lowest BCUT2D eigenvalue weighted by Gasteiger charge is -2.08. The van der Waals surface area contributed by atoms with Gasteiger partial charge in [0.2, 0.25) is 10.0 Å². The Morgan fingerprint density at radius 2 is 1.63 bits per heavy atom. The first-order chi connectivity index (χ1) is 8.96. The highest BCUT2D eigenvalue weighted by Crippen LogP contribution is 2.23. The first-order valence-corrected chi connectivity index (χ1v) is 7.86. The van der Waals surface area contributed by atoms with Crippen molar-refractivity contribution in [3.8, 4) is 0 Å². The summed E-state index contributed by atoms with van der Waals surface area (Å²) in [7, 11) is -3.47. The van der Waals surface area contributed by atoms with Crippen LogP contribution in [0.4, 0.5) is 5.69 Å². The molecule has 0 heterocycles. The Hall–Kier alpha value is -1.23. The van der Waals surface area contributed by atoms with Crippen LogP contribution in [0.1, 0.15) is 5.56 Å². The predicted molar refractivity (Wildman–Crippen MR) is 79.2 cm³/mol. The minimum absolute atomic E-state index is 0.154. The highest BCUT2D eigenvalue weighted by Gasteiger charge is 2.12. The predicted octanol–water partition coefficient (Wildman–Crippen LogP) is 3.94. The maximum atomic E-state index is 12.0. The van der Waals surface area contributed by atoms with Crippen LogP contribution in [0.3, 0.4) is 0 Å². The molecule has 0 aliphatic carbocycles. The van der Waals surface area contributed by atoms with Gasteiger partial charge in [0.1, 0.15) is 0 Å². The molecule has 0 aromatic heterocycles. The van der Waals surface area contributed by atoms with Crippen molar-refractivity contribution in [2.75, 3.05) is 4.72 Å². The van der Waals surface area contributed by atoms with Gasteiger partial charge in [-0.05, 0) is 29.8 Å². The van der Waals surface area contributed by atoms with Crippen LogP contribution >= 0.6 is 23.2 Å². The molecule has 0 bridgehead atoms. The Bertz CT molecular complexity index is 672. The standard InChI is InChI=1S/C13H11Cl2NO2S/c14-12-7-6-10(8-13(12)15)9-19(17,18)16-11-4-2-1-3-5-11/h1-8,16H,9H2. The monoisotopic (exact) mass is 315 g/mol. The van der Waals surface area contributed by atoms with Gasteiger partial charge in [-0.2, -0.15) is 0 Å². The fourth-order valence-corrected chi connectivity index (χ4v) is 3.08. The number of benzene rings is 2. The zero-order chi connectivity index (χ0) is 13.9. The number of sulfonamides is 1. The molecule has 0 saturated heterocycles. The molecule has 2 aromatic rings. The zero-order valence-electron chi connectivity index (χ0n) is 9.81. The van der Waals surface area contributed by atoms with Gasteiger partial charge in [-0.15, -0.1) is 0 Å². The highest BCUT2D eigenvalue weighted by atomic mass is 35.5. The number of hydrogen-bond acceptors (Lipinski definition) is 2. The van der Waals surface area contributed by atoms with E-state index < -0.39 is 10.0 Å². The molecule has 0 fully saturated rings. The number of rotatable bonds is 4. The molecule has 0 saturated carbocycles. The fourth-order valence-electron chi connectivity index (χ4n) is 1.57. The third kappa shape index (κ3) is 4.13. The minimum atomic E-state index is -3.47. The molecule has 19 heavy (non-hydrogen) atoms. The summed E-state index contributed by atoms with van der Waals surface area (Å²) in [5.41, 5.74) is 1.11. The van der Waals surface area contributed by atoms with E-state index in [9.17, 15) is 8.42 Å². The van der Waals surface area contributed by atoms with Crippen molar-refractivity contribution < 1.29 is 8.42 Å². The van der Waals surface area contributed by atoms with E-state index >= 15 is 0 Å². The Labute approximate surface area is 122 Å². The van der Waals surface area contributed by atoms with Crippen molar-refractivity contribution in [3.05, 3.63) is 64.1 Å². The van der Waals surface area contributed by atoms with Crippen LogP contribution in [0.2, 0.25) is 10.0 Å². The summed E-state index contributed by atoms with van der Waals surface area (Å²) in [4.78, 5) is 0. The molecule has 100 valence electrons. The average Bonchev–Trinajstić information content (AvgIpc) is 2.34. The summed E-state index contributed by atoms with van der Waals surface area (Å²) in [6.07, 6.45) is 0. The highest BCUT2D eigenvalue weighted by molar-refractivity contribution is 7.91. The lowest BCUT2D eigenvalue weighted by Crippen LogP contribution is -2.14. The van der Waals surface area contributed by atoms with Crippen molar-refractivity contribution >= 4 is 38.9 Å². The van der Waals surface area contributed by atoms with E-state index in [1.165, 1.54) is 0 Å². The van der Waals surface area contributed by atoms with Crippen molar-refractivity contribution in [1.82, 2.24) is 0 Å². The summed E-state index contributed by atoms with van der Waals surface area (Å²) >= 11 is 11.6.